The smallest absolute Gasteiger partial charge is 0.145 e. The molecule has 0 radical (unpaired) electrons. The standard InChI is InChI=1S/C16H17BrF2N2/c1-2-9-21(12-5-3-11(20)4-6-12)10-13-15(18)8-7-14(17)16(13)19/h3-8H,2,9-10,20H2,1H3. The molecule has 0 aliphatic rings. The summed E-state index contributed by atoms with van der Waals surface area (Å²) in [5, 5.41) is 0. The number of hydrogen-bond acceptors (Lipinski definition) is 2. The van der Waals surface area contributed by atoms with Gasteiger partial charge >= 0.3 is 0 Å². The van der Waals surface area contributed by atoms with Gasteiger partial charge in [0.05, 0.1) is 4.47 Å². The summed E-state index contributed by atoms with van der Waals surface area (Å²) < 4.78 is 28.3. The van der Waals surface area contributed by atoms with Gasteiger partial charge in [0.15, 0.2) is 0 Å². The molecule has 0 heterocycles. The molecule has 0 saturated heterocycles. The zero-order valence-electron chi connectivity index (χ0n) is 11.7. The molecule has 0 bridgehead atoms. The molecular formula is C16H17BrF2N2. The largest absolute Gasteiger partial charge is 0.399 e. The number of rotatable bonds is 5. The van der Waals surface area contributed by atoms with Crippen LogP contribution in [0.5, 0.6) is 0 Å². The van der Waals surface area contributed by atoms with Gasteiger partial charge < -0.3 is 10.6 Å². The fourth-order valence-corrected chi connectivity index (χ4v) is 2.53. The first kappa shape index (κ1) is 15.8. The molecule has 112 valence electrons. The average molecular weight is 355 g/mol. The van der Waals surface area contributed by atoms with Gasteiger partial charge in [-0.3, -0.25) is 0 Å². The third-order valence-corrected chi connectivity index (χ3v) is 3.85. The average Bonchev–Trinajstić information content (AvgIpc) is 2.47. The summed E-state index contributed by atoms with van der Waals surface area (Å²) in [7, 11) is 0. The second-order valence-electron chi connectivity index (χ2n) is 4.83. The topological polar surface area (TPSA) is 29.3 Å². The minimum atomic E-state index is -0.549. The van der Waals surface area contributed by atoms with Crippen molar-refractivity contribution in [3.05, 3.63) is 58.1 Å². The second-order valence-corrected chi connectivity index (χ2v) is 5.69. The molecule has 0 aliphatic carbocycles. The van der Waals surface area contributed by atoms with E-state index in [9.17, 15) is 8.78 Å². The Kier molecular flexibility index (Phi) is 5.17. The van der Waals surface area contributed by atoms with Crippen LogP contribution in [0.4, 0.5) is 20.2 Å². The van der Waals surface area contributed by atoms with Gasteiger partial charge in [-0.25, -0.2) is 8.78 Å². The highest BCUT2D eigenvalue weighted by molar-refractivity contribution is 9.10. The van der Waals surface area contributed by atoms with Crippen molar-refractivity contribution in [2.45, 2.75) is 19.9 Å². The van der Waals surface area contributed by atoms with E-state index in [0.717, 1.165) is 12.1 Å². The van der Waals surface area contributed by atoms with Gasteiger partial charge in [-0.1, -0.05) is 6.92 Å². The molecule has 0 amide bonds. The van der Waals surface area contributed by atoms with E-state index in [1.54, 1.807) is 12.1 Å². The molecule has 0 atom stereocenters. The fourth-order valence-electron chi connectivity index (χ4n) is 2.16. The molecule has 21 heavy (non-hydrogen) atoms. The highest BCUT2D eigenvalue weighted by atomic mass is 79.9. The predicted molar refractivity (Wildman–Crippen MR) is 86.3 cm³/mol. The Balaban J connectivity index is 2.32. The molecule has 0 fully saturated rings. The minimum absolute atomic E-state index is 0.0645. The van der Waals surface area contributed by atoms with Gasteiger partial charge in [-0.15, -0.1) is 0 Å². The van der Waals surface area contributed by atoms with Crippen LogP contribution in [-0.4, -0.2) is 6.54 Å². The van der Waals surface area contributed by atoms with Gasteiger partial charge in [0.25, 0.3) is 0 Å². The highest BCUT2D eigenvalue weighted by Crippen LogP contribution is 2.25. The van der Waals surface area contributed by atoms with E-state index in [0.29, 0.717) is 12.2 Å². The number of hydrogen-bond donors (Lipinski definition) is 1. The lowest BCUT2D eigenvalue weighted by Gasteiger charge is -2.25. The Morgan fingerprint density at radius 2 is 1.76 bits per heavy atom. The molecule has 0 aliphatic heterocycles. The van der Waals surface area contributed by atoms with Gasteiger partial charge in [0, 0.05) is 30.0 Å². The molecule has 0 unspecified atom stereocenters. The molecule has 2 rings (SSSR count). The van der Waals surface area contributed by atoms with E-state index >= 15 is 0 Å². The Morgan fingerprint density at radius 3 is 2.38 bits per heavy atom. The van der Waals surface area contributed by atoms with E-state index in [-0.39, 0.29) is 16.6 Å². The lowest BCUT2D eigenvalue weighted by molar-refractivity contribution is 0.545. The maximum Gasteiger partial charge on any atom is 0.145 e. The Bertz CT molecular complexity index is 614. The molecule has 2 nitrogen and oxygen atoms in total. The van der Waals surface area contributed by atoms with E-state index in [2.05, 4.69) is 15.9 Å². The van der Waals surface area contributed by atoms with E-state index in [4.69, 9.17) is 5.73 Å². The minimum Gasteiger partial charge on any atom is -0.399 e. The lowest BCUT2D eigenvalue weighted by atomic mass is 10.1. The first-order valence-electron chi connectivity index (χ1n) is 6.75. The second kappa shape index (κ2) is 6.89. The Hall–Kier alpha value is -1.62. The molecule has 2 N–H and O–H groups in total. The van der Waals surface area contributed by atoms with E-state index < -0.39 is 11.6 Å². The fraction of sp³-hybridized carbons (Fsp3) is 0.250. The molecule has 2 aromatic carbocycles. The molecule has 0 aromatic heterocycles. The van der Waals surface area contributed by atoms with Crippen molar-refractivity contribution in [1.82, 2.24) is 0 Å². The number of nitrogens with zero attached hydrogens (tertiary/aromatic N) is 1. The van der Waals surface area contributed by atoms with E-state index in [1.165, 1.54) is 12.1 Å². The number of anilines is 2. The number of benzene rings is 2. The molecule has 5 heteroatoms. The van der Waals surface area contributed by atoms with Crippen LogP contribution in [0.25, 0.3) is 0 Å². The molecule has 2 aromatic rings. The van der Waals surface area contributed by atoms with Gasteiger partial charge in [0.2, 0.25) is 0 Å². The van der Waals surface area contributed by atoms with Crippen molar-refractivity contribution >= 4 is 27.3 Å². The Morgan fingerprint density at radius 1 is 1.10 bits per heavy atom. The summed E-state index contributed by atoms with van der Waals surface area (Å²) in [6.45, 7) is 2.90. The maximum atomic E-state index is 14.1. The van der Waals surface area contributed by atoms with Crippen molar-refractivity contribution in [3.8, 4) is 0 Å². The number of nitrogen functional groups attached to an aromatic ring is 1. The van der Waals surface area contributed by atoms with Crippen molar-refractivity contribution in [3.63, 3.8) is 0 Å². The summed E-state index contributed by atoms with van der Waals surface area (Å²) in [5.41, 5.74) is 7.30. The quantitative estimate of drug-likeness (QED) is 0.621. The van der Waals surface area contributed by atoms with Crippen LogP contribution in [0.15, 0.2) is 40.9 Å². The lowest BCUT2D eigenvalue weighted by Crippen LogP contribution is -2.24. The summed E-state index contributed by atoms with van der Waals surface area (Å²) in [4.78, 5) is 1.94. The van der Waals surface area contributed by atoms with Crippen LogP contribution in [0, 0.1) is 11.6 Å². The van der Waals surface area contributed by atoms with Crippen LogP contribution in [0.1, 0.15) is 18.9 Å². The van der Waals surface area contributed by atoms with Gasteiger partial charge in [-0.2, -0.15) is 0 Å². The molecule has 0 spiro atoms. The van der Waals surface area contributed by atoms with Crippen molar-refractivity contribution in [2.24, 2.45) is 0 Å². The summed E-state index contributed by atoms with van der Waals surface area (Å²) >= 11 is 3.10. The first-order valence-corrected chi connectivity index (χ1v) is 7.55. The summed E-state index contributed by atoms with van der Waals surface area (Å²) in [6, 6.07) is 9.94. The van der Waals surface area contributed by atoms with Crippen LogP contribution >= 0.6 is 15.9 Å². The van der Waals surface area contributed by atoms with Crippen molar-refractivity contribution in [2.75, 3.05) is 17.2 Å². The monoisotopic (exact) mass is 354 g/mol. The summed E-state index contributed by atoms with van der Waals surface area (Å²) in [6.07, 6.45) is 0.877. The third-order valence-electron chi connectivity index (χ3n) is 3.24. The first-order chi connectivity index (χ1) is 10.0. The van der Waals surface area contributed by atoms with Crippen molar-refractivity contribution in [1.29, 1.82) is 0 Å². The van der Waals surface area contributed by atoms with Gasteiger partial charge in [-0.05, 0) is 58.7 Å². The van der Waals surface area contributed by atoms with Gasteiger partial charge in [0.1, 0.15) is 11.6 Å². The molecular weight excluding hydrogens is 338 g/mol. The Labute approximate surface area is 131 Å². The highest BCUT2D eigenvalue weighted by Gasteiger charge is 2.16. The predicted octanol–water partition coefficient (Wildman–Crippen LogP) is 4.73. The maximum absolute atomic E-state index is 14.1. The van der Waals surface area contributed by atoms with Crippen LogP contribution in [0.3, 0.4) is 0 Å². The number of nitrogens with two attached hydrogens (primary N) is 1. The zero-order valence-corrected chi connectivity index (χ0v) is 13.3. The number of halogens is 3. The van der Waals surface area contributed by atoms with Crippen LogP contribution < -0.4 is 10.6 Å². The van der Waals surface area contributed by atoms with Crippen molar-refractivity contribution < 1.29 is 8.78 Å². The summed E-state index contributed by atoms with van der Waals surface area (Å²) in [5.74, 6) is -1.08. The zero-order chi connectivity index (χ0) is 15.4. The van der Waals surface area contributed by atoms with Crippen LogP contribution in [-0.2, 0) is 6.54 Å². The third kappa shape index (κ3) is 3.73. The van der Waals surface area contributed by atoms with E-state index in [1.807, 2.05) is 24.0 Å². The van der Waals surface area contributed by atoms with Crippen LogP contribution in [0.2, 0.25) is 0 Å². The normalized spacial score (nSPS) is 10.7. The molecule has 0 saturated carbocycles. The SMILES string of the molecule is CCCN(Cc1c(F)ccc(Br)c1F)c1ccc(N)cc1.